The quantitative estimate of drug-likeness (QED) is 0.627. The lowest BCUT2D eigenvalue weighted by Gasteiger charge is -2.28. The van der Waals surface area contributed by atoms with Gasteiger partial charge in [-0.25, -0.2) is 19.3 Å². The second kappa shape index (κ2) is 4.70. The van der Waals surface area contributed by atoms with E-state index in [4.69, 9.17) is 4.74 Å². The van der Waals surface area contributed by atoms with Gasteiger partial charge in [-0.3, -0.25) is 0 Å². The number of carbonyl (C=O) groups excluding carboxylic acids is 3. The van der Waals surface area contributed by atoms with E-state index in [-0.39, 0.29) is 11.5 Å². The Morgan fingerprint density at radius 2 is 2.00 bits per heavy atom. The Morgan fingerprint density at radius 3 is 2.47 bits per heavy atom. The van der Waals surface area contributed by atoms with Crippen molar-refractivity contribution in [2.24, 2.45) is 0 Å². The summed E-state index contributed by atoms with van der Waals surface area (Å²) in [5.41, 5.74) is -0.850. The van der Waals surface area contributed by atoms with E-state index >= 15 is 0 Å². The van der Waals surface area contributed by atoms with Gasteiger partial charge in [0.2, 0.25) is 5.82 Å². The first kappa shape index (κ1) is 12.8. The molecule has 1 aliphatic heterocycles. The van der Waals surface area contributed by atoms with Crippen molar-refractivity contribution in [3.05, 3.63) is 23.8 Å². The number of rotatable bonds is 0. The van der Waals surface area contributed by atoms with Crippen LogP contribution in [-0.4, -0.2) is 28.5 Å². The molecular formula is C11H12N2O4. The first-order chi connectivity index (χ1) is 7.89. The zero-order valence-corrected chi connectivity index (χ0v) is 9.73. The molecule has 1 N–H and O–H groups in total. The topological polar surface area (TPSA) is 75.7 Å². The summed E-state index contributed by atoms with van der Waals surface area (Å²) in [6.45, 7) is 5.02. The second-order valence-corrected chi connectivity index (χ2v) is 4.23. The van der Waals surface area contributed by atoms with Crippen molar-refractivity contribution < 1.29 is 19.1 Å². The lowest BCUT2D eigenvalue weighted by molar-refractivity contribution is 0.0363. The minimum Gasteiger partial charge on any atom is -0.443 e. The summed E-state index contributed by atoms with van der Waals surface area (Å²) in [5.74, 6) is 2.86. The molecule has 0 unspecified atom stereocenters. The maximum atomic E-state index is 11.8. The third-order valence-corrected chi connectivity index (χ3v) is 1.70. The largest absolute Gasteiger partial charge is 0.443 e. The molecule has 0 aromatic heterocycles. The molecule has 0 aromatic rings. The van der Waals surface area contributed by atoms with E-state index in [0.717, 1.165) is 4.90 Å². The Morgan fingerprint density at radius 1 is 1.35 bits per heavy atom. The number of nitrogens with zero attached hydrogens (tertiary/aromatic N) is 1. The molecule has 0 fully saturated rings. The molecular weight excluding hydrogens is 224 g/mol. The van der Waals surface area contributed by atoms with E-state index < -0.39 is 11.7 Å². The maximum absolute atomic E-state index is 11.8. The standard InChI is InChI=1S/C11H12N2O4/c1-11(2,3)17-10(16)13-8(6-14)4-5-12-9(13)7-15/h4-5,12H,1-3H3. The van der Waals surface area contributed by atoms with Crippen LogP contribution in [0.4, 0.5) is 4.79 Å². The van der Waals surface area contributed by atoms with Crippen LogP contribution in [-0.2, 0) is 14.3 Å². The van der Waals surface area contributed by atoms with Gasteiger partial charge in [-0.15, -0.1) is 0 Å². The van der Waals surface area contributed by atoms with E-state index in [1.165, 1.54) is 18.2 Å². The molecule has 1 heterocycles. The Balaban J connectivity index is 3.07. The monoisotopic (exact) mass is 236 g/mol. The van der Waals surface area contributed by atoms with Crippen LogP contribution in [0.15, 0.2) is 23.8 Å². The summed E-state index contributed by atoms with van der Waals surface area (Å²) in [6, 6.07) is 0. The third kappa shape index (κ3) is 3.08. The van der Waals surface area contributed by atoms with Gasteiger partial charge in [0.05, 0.1) is 0 Å². The number of ether oxygens (including phenoxy) is 1. The summed E-state index contributed by atoms with van der Waals surface area (Å²) in [6.07, 6.45) is 1.80. The molecule has 0 aromatic carbocycles. The fourth-order valence-electron chi connectivity index (χ4n) is 1.11. The molecule has 0 saturated heterocycles. The van der Waals surface area contributed by atoms with E-state index in [2.05, 4.69) is 5.32 Å². The minimum absolute atomic E-state index is 0.114. The molecule has 0 saturated carbocycles. The highest BCUT2D eigenvalue weighted by molar-refractivity contribution is 5.81. The average Bonchev–Trinajstić information content (AvgIpc) is 2.25. The van der Waals surface area contributed by atoms with E-state index in [1.54, 1.807) is 26.7 Å². The van der Waals surface area contributed by atoms with Crippen molar-refractivity contribution in [2.45, 2.75) is 26.4 Å². The molecule has 0 atom stereocenters. The number of amides is 1. The highest BCUT2D eigenvalue weighted by Crippen LogP contribution is 2.18. The van der Waals surface area contributed by atoms with Crippen LogP contribution in [0.1, 0.15) is 20.8 Å². The fourth-order valence-corrected chi connectivity index (χ4v) is 1.11. The first-order valence-corrected chi connectivity index (χ1v) is 4.85. The Labute approximate surface area is 98.2 Å². The average molecular weight is 236 g/mol. The lowest BCUT2D eigenvalue weighted by Crippen LogP contribution is -2.40. The van der Waals surface area contributed by atoms with Crippen LogP contribution < -0.4 is 5.32 Å². The van der Waals surface area contributed by atoms with Crippen molar-refractivity contribution in [2.75, 3.05) is 0 Å². The van der Waals surface area contributed by atoms with Crippen LogP contribution in [0.25, 0.3) is 0 Å². The van der Waals surface area contributed by atoms with Gasteiger partial charge in [-0.1, -0.05) is 0 Å². The van der Waals surface area contributed by atoms with Crippen LogP contribution in [0.5, 0.6) is 0 Å². The van der Waals surface area contributed by atoms with Crippen LogP contribution in [0.2, 0.25) is 0 Å². The summed E-state index contributed by atoms with van der Waals surface area (Å²) in [7, 11) is 0. The smallest absolute Gasteiger partial charge is 0.421 e. The Hall–Kier alpha value is -2.29. The molecule has 0 spiro atoms. The fraction of sp³-hybridized carbons (Fsp3) is 0.364. The number of allylic oxidation sites excluding steroid dienone is 1. The highest BCUT2D eigenvalue weighted by Gasteiger charge is 2.30. The minimum atomic E-state index is -0.842. The van der Waals surface area contributed by atoms with E-state index in [9.17, 15) is 14.4 Å². The van der Waals surface area contributed by atoms with Gasteiger partial charge >= 0.3 is 6.09 Å². The van der Waals surface area contributed by atoms with Gasteiger partial charge < -0.3 is 10.1 Å². The maximum Gasteiger partial charge on any atom is 0.421 e. The molecule has 6 nitrogen and oxygen atoms in total. The molecule has 90 valence electrons. The van der Waals surface area contributed by atoms with Crippen molar-refractivity contribution in [1.82, 2.24) is 10.2 Å². The summed E-state index contributed by atoms with van der Waals surface area (Å²) in [5, 5.41) is 2.49. The van der Waals surface area contributed by atoms with Gasteiger partial charge in [-0.05, 0) is 26.8 Å². The normalized spacial score (nSPS) is 14.9. The predicted octanol–water partition coefficient (Wildman–Crippen LogP) is 0.729. The second-order valence-electron chi connectivity index (χ2n) is 4.23. The van der Waals surface area contributed by atoms with Gasteiger partial charge in [-0.2, -0.15) is 0 Å². The molecule has 1 rings (SSSR count). The molecule has 1 amide bonds. The molecule has 1 aliphatic rings. The Kier molecular flexibility index (Phi) is 3.53. The number of hydrogen-bond acceptors (Lipinski definition) is 5. The van der Waals surface area contributed by atoms with Crippen LogP contribution in [0.3, 0.4) is 0 Å². The molecule has 0 bridgehead atoms. The van der Waals surface area contributed by atoms with E-state index in [1.807, 2.05) is 0 Å². The SMILES string of the molecule is CC(C)(C)OC(=O)N1C(=C=O)C=CNC1=C=O. The highest BCUT2D eigenvalue weighted by atomic mass is 16.6. The molecule has 17 heavy (non-hydrogen) atoms. The Bertz CT molecular complexity index is 460. The summed E-state index contributed by atoms with van der Waals surface area (Å²) in [4.78, 5) is 33.9. The predicted molar refractivity (Wildman–Crippen MR) is 58.8 cm³/mol. The zero-order chi connectivity index (χ0) is 13.1. The van der Waals surface area contributed by atoms with Crippen molar-refractivity contribution in [3.63, 3.8) is 0 Å². The number of nitrogens with one attached hydrogen (secondary N) is 1. The van der Waals surface area contributed by atoms with Gasteiger partial charge in [0.15, 0.2) is 11.9 Å². The lowest BCUT2D eigenvalue weighted by atomic mass is 10.2. The number of carbonyl (C=O) groups is 1. The van der Waals surface area contributed by atoms with Crippen molar-refractivity contribution >= 4 is 18.0 Å². The van der Waals surface area contributed by atoms with E-state index in [0.29, 0.717) is 0 Å². The summed E-state index contributed by atoms with van der Waals surface area (Å²) >= 11 is 0. The number of hydrogen-bond donors (Lipinski definition) is 1. The zero-order valence-electron chi connectivity index (χ0n) is 9.73. The summed E-state index contributed by atoms with van der Waals surface area (Å²) < 4.78 is 5.06. The third-order valence-electron chi connectivity index (χ3n) is 1.70. The molecule has 0 radical (unpaired) electrons. The molecule has 6 heteroatoms. The van der Waals surface area contributed by atoms with Crippen molar-refractivity contribution in [3.8, 4) is 0 Å². The van der Waals surface area contributed by atoms with Crippen LogP contribution >= 0.6 is 0 Å². The van der Waals surface area contributed by atoms with Gasteiger partial charge in [0.1, 0.15) is 11.3 Å². The first-order valence-electron chi connectivity index (χ1n) is 4.85. The van der Waals surface area contributed by atoms with Gasteiger partial charge in [0.25, 0.3) is 0 Å². The molecule has 0 aliphatic carbocycles. The van der Waals surface area contributed by atoms with Crippen LogP contribution in [0, 0.1) is 0 Å². The van der Waals surface area contributed by atoms with Gasteiger partial charge in [0, 0.05) is 6.20 Å². The van der Waals surface area contributed by atoms with Crippen molar-refractivity contribution in [1.29, 1.82) is 0 Å².